The zero-order valence-corrected chi connectivity index (χ0v) is 9.48. The topological polar surface area (TPSA) is 101 Å². The highest BCUT2D eigenvalue weighted by Crippen LogP contribution is 2.16. The average Bonchev–Trinajstić information content (AvgIpc) is 2.32. The average molecular weight is 236 g/mol. The van der Waals surface area contributed by atoms with Crippen molar-refractivity contribution in [3.63, 3.8) is 0 Å². The van der Waals surface area contributed by atoms with E-state index < -0.39 is 5.56 Å². The largest absolute Gasteiger partial charge is 0.349 e. The summed E-state index contributed by atoms with van der Waals surface area (Å²) in [7, 11) is 0. The number of hydrogen-bond donors (Lipinski definition) is 3. The van der Waals surface area contributed by atoms with Gasteiger partial charge in [0.15, 0.2) is 0 Å². The second-order valence-corrected chi connectivity index (χ2v) is 4.38. The van der Waals surface area contributed by atoms with Crippen LogP contribution in [0.3, 0.4) is 0 Å². The summed E-state index contributed by atoms with van der Waals surface area (Å²) in [6.45, 7) is 0. The molecule has 0 unspecified atom stereocenters. The number of hydrogen-bond acceptors (Lipinski definition) is 4. The minimum Gasteiger partial charge on any atom is -0.349 e. The summed E-state index contributed by atoms with van der Waals surface area (Å²) >= 11 is 0. The lowest BCUT2D eigenvalue weighted by molar-refractivity contribution is 0.0924. The predicted octanol–water partition coefficient (Wildman–Crippen LogP) is -0.230. The van der Waals surface area contributed by atoms with Gasteiger partial charge in [-0.15, -0.1) is 0 Å². The molecule has 92 valence electrons. The first-order chi connectivity index (χ1) is 8.16. The van der Waals surface area contributed by atoms with Crippen LogP contribution in [0.2, 0.25) is 0 Å². The highest BCUT2D eigenvalue weighted by molar-refractivity contribution is 5.93. The molecular weight excluding hydrogens is 220 g/mol. The minimum atomic E-state index is -0.412. The van der Waals surface area contributed by atoms with Crippen LogP contribution in [0.4, 0.5) is 0 Å². The Kier molecular flexibility index (Phi) is 3.53. The fraction of sp³-hybridized carbons (Fsp3) is 0.545. The summed E-state index contributed by atoms with van der Waals surface area (Å²) < 4.78 is 0. The van der Waals surface area contributed by atoms with Crippen LogP contribution in [-0.2, 0) is 0 Å². The SMILES string of the molecule is NC1CCC(NC(=O)c2cnc[nH]c2=O)CC1. The molecule has 6 heteroatoms. The van der Waals surface area contributed by atoms with E-state index in [1.165, 1.54) is 12.5 Å². The van der Waals surface area contributed by atoms with Crippen LogP contribution in [0, 0.1) is 0 Å². The third kappa shape index (κ3) is 2.91. The summed E-state index contributed by atoms with van der Waals surface area (Å²) in [5.41, 5.74) is 5.43. The fourth-order valence-electron chi connectivity index (χ4n) is 2.03. The molecule has 0 saturated heterocycles. The second-order valence-electron chi connectivity index (χ2n) is 4.38. The summed E-state index contributed by atoms with van der Waals surface area (Å²) in [6, 6.07) is 0.354. The zero-order chi connectivity index (χ0) is 12.3. The smallest absolute Gasteiger partial charge is 0.263 e. The maximum atomic E-state index is 11.8. The lowest BCUT2D eigenvalue weighted by atomic mass is 9.92. The molecule has 17 heavy (non-hydrogen) atoms. The predicted molar refractivity (Wildman–Crippen MR) is 62.6 cm³/mol. The number of aromatic amines is 1. The van der Waals surface area contributed by atoms with Crippen molar-refractivity contribution in [2.24, 2.45) is 5.73 Å². The van der Waals surface area contributed by atoms with Gasteiger partial charge in [-0.05, 0) is 25.7 Å². The van der Waals surface area contributed by atoms with Crippen molar-refractivity contribution in [1.29, 1.82) is 0 Å². The maximum Gasteiger partial charge on any atom is 0.263 e. The number of nitrogens with zero attached hydrogens (tertiary/aromatic N) is 1. The zero-order valence-electron chi connectivity index (χ0n) is 9.48. The molecule has 0 aliphatic heterocycles. The number of amides is 1. The van der Waals surface area contributed by atoms with E-state index in [9.17, 15) is 9.59 Å². The molecule has 0 radical (unpaired) electrons. The van der Waals surface area contributed by atoms with Crippen LogP contribution in [0.5, 0.6) is 0 Å². The third-order valence-electron chi connectivity index (χ3n) is 3.07. The number of rotatable bonds is 2. The number of H-pyrrole nitrogens is 1. The summed E-state index contributed by atoms with van der Waals surface area (Å²) in [4.78, 5) is 29.3. The van der Waals surface area contributed by atoms with Gasteiger partial charge in [0.05, 0.1) is 6.33 Å². The van der Waals surface area contributed by atoms with Gasteiger partial charge >= 0.3 is 0 Å². The van der Waals surface area contributed by atoms with E-state index in [1.54, 1.807) is 0 Å². The fourth-order valence-corrected chi connectivity index (χ4v) is 2.03. The van der Waals surface area contributed by atoms with Crippen molar-refractivity contribution in [1.82, 2.24) is 15.3 Å². The number of carbonyl (C=O) groups is 1. The van der Waals surface area contributed by atoms with Crippen molar-refractivity contribution < 1.29 is 4.79 Å². The van der Waals surface area contributed by atoms with Crippen molar-refractivity contribution in [3.05, 3.63) is 28.4 Å². The van der Waals surface area contributed by atoms with E-state index in [4.69, 9.17) is 5.73 Å². The number of aromatic nitrogens is 2. The lowest BCUT2D eigenvalue weighted by Gasteiger charge is -2.26. The molecule has 1 aliphatic rings. The van der Waals surface area contributed by atoms with Gasteiger partial charge in [-0.1, -0.05) is 0 Å². The van der Waals surface area contributed by atoms with Crippen LogP contribution < -0.4 is 16.6 Å². The van der Waals surface area contributed by atoms with Crippen molar-refractivity contribution in [3.8, 4) is 0 Å². The van der Waals surface area contributed by atoms with Crippen LogP contribution in [0.1, 0.15) is 36.0 Å². The number of nitrogens with two attached hydrogens (primary N) is 1. The van der Waals surface area contributed by atoms with Crippen LogP contribution in [0.15, 0.2) is 17.3 Å². The molecule has 0 atom stereocenters. The summed E-state index contributed by atoms with van der Waals surface area (Å²) in [5, 5.41) is 2.84. The molecule has 1 aliphatic carbocycles. The number of nitrogens with one attached hydrogen (secondary N) is 2. The van der Waals surface area contributed by atoms with Crippen molar-refractivity contribution in [2.75, 3.05) is 0 Å². The molecule has 1 heterocycles. The van der Waals surface area contributed by atoms with Gasteiger partial charge in [0.2, 0.25) is 0 Å². The van der Waals surface area contributed by atoms with E-state index in [-0.39, 0.29) is 23.6 Å². The molecule has 0 bridgehead atoms. The Morgan fingerprint density at radius 3 is 2.76 bits per heavy atom. The summed E-state index contributed by atoms with van der Waals surface area (Å²) in [5.74, 6) is -0.361. The standard InChI is InChI=1S/C11H16N4O2/c12-7-1-3-8(4-2-7)15-11(17)9-5-13-6-14-10(9)16/h5-8H,1-4,12H2,(H,15,17)(H,13,14,16). The molecule has 1 fully saturated rings. The van der Waals surface area contributed by atoms with Crippen molar-refractivity contribution >= 4 is 5.91 Å². The van der Waals surface area contributed by atoms with Gasteiger partial charge < -0.3 is 16.0 Å². The molecular formula is C11H16N4O2. The van der Waals surface area contributed by atoms with Gasteiger partial charge in [0.1, 0.15) is 5.56 Å². The molecule has 1 amide bonds. The van der Waals surface area contributed by atoms with Gasteiger partial charge in [-0.2, -0.15) is 0 Å². The minimum absolute atomic E-state index is 0.0578. The molecule has 4 N–H and O–H groups in total. The van der Waals surface area contributed by atoms with Gasteiger partial charge in [0, 0.05) is 18.3 Å². The molecule has 1 saturated carbocycles. The Labute approximate surface area is 98.6 Å². The van der Waals surface area contributed by atoms with Gasteiger partial charge in [0.25, 0.3) is 11.5 Å². The Morgan fingerprint density at radius 2 is 2.12 bits per heavy atom. The summed E-state index contributed by atoms with van der Waals surface area (Å²) in [6.07, 6.45) is 6.10. The van der Waals surface area contributed by atoms with E-state index in [0.717, 1.165) is 25.7 Å². The quantitative estimate of drug-likeness (QED) is 0.660. The normalized spacial score (nSPS) is 24.3. The van der Waals surface area contributed by atoms with Gasteiger partial charge in [-0.25, -0.2) is 4.98 Å². The first kappa shape index (κ1) is 11.8. The van der Waals surface area contributed by atoms with Gasteiger partial charge in [-0.3, -0.25) is 9.59 Å². The second kappa shape index (κ2) is 5.09. The van der Waals surface area contributed by atoms with Crippen LogP contribution in [-0.4, -0.2) is 28.0 Å². The molecule has 0 aromatic carbocycles. The first-order valence-electron chi connectivity index (χ1n) is 5.76. The first-order valence-corrected chi connectivity index (χ1v) is 5.76. The lowest BCUT2D eigenvalue weighted by Crippen LogP contribution is -2.42. The highest BCUT2D eigenvalue weighted by atomic mass is 16.2. The third-order valence-corrected chi connectivity index (χ3v) is 3.07. The molecule has 2 rings (SSSR count). The number of carbonyl (C=O) groups excluding carboxylic acids is 1. The monoisotopic (exact) mass is 236 g/mol. The van der Waals surface area contributed by atoms with E-state index >= 15 is 0 Å². The van der Waals surface area contributed by atoms with Crippen LogP contribution >= 0.6 is 0 Å². The molecule has 6 nitrogen and oxygen atoms in total. The van der Waals surface area contributed by atoms with E-state index in [1.807, 2.05) is 0 Å². The van der Waals surface area contributed by atoms with Crippen molar-refractivity contribution in [2.45, 2.75) is 37.8 Å². The molecule has 1 aromatic rings. The van der Waals surface area contributed by atoms with Crippen LogP contribution in [0.25, 0.3) is 0 Å². The maximum absolute atomic E-state index is 11.8. The highest BCUT2D eigenvalue weighted by Gasteiger charge is 2.21. The molecule has 0 spiro atoms. The Balaban J connectivity index is 1.98. The van der Waals surface area contributed by atoms with E-state index in [0.29, 0.717) is 0 Å². The van der Waals surface area contributed by atoms with E-state index in [2.05, 4.69) is 15.3 Å². The Hall–Kier alpha value is -1.69. The Bertz CT molecular complexity index is 449. The molecule has 1 aromatic heterocycles. The Morgan fingerprint density at radius 1 is 1.41 bits per heavy atom.